The quantitative estimate of drug-likeness (QED) is 0.477. The minimum atomic E-state index is -0.872. The van der Waals surface area contributed by atoms with Gasteiger partial charge in [-0.1, -0.05) is 74.7 Å². The molecule has 186 valence electrons. The fourth-order valence-corrected chi connectivity index (χ4v) is 5.25. The summed E-state index contributed by atoms with van der Waals surface area (Å²) in [5.74, 6) is -1.88. The van der Waals surface area contributed by atoms with Crippen LogP contribution in [0.1, 0.15) is 62.5 Å². The second-order valence-electron chi connectivity index (χ2n) is 9.64. The first-order valence-corrected chi connectivity index (χ1v) is 12.6. The standard InChI is InChI=1S/C28H34N2O5/c1-18(27(32)33)15-16-29-26(31)23-13-3-2-4-14-25(23)30-28(34)35-17-24-21-11-7-5-9-19(21)20-10-6-8-12-22(20)24/h5-12,18,23-25H,2-4,13-17H2,1H3,(H,29,31)(H,30,34)(H,32,33)/t18?,23-,25+/m0/s1. The lowest BCUT2D eigenvalue weighted by molar-refractivity contribution is -0.141. The van der Waals surface area contributed by atoms with Gasteiger partial charge in [-0.2, -0.15) is 0 Å². The summed E-state index contributed by atoms with van der Waals surface area (Å²) in [7, 11) is 0. The van der Waals surface area contributed by atoms with Crippen molar-refractivity contribution in [2.45, 2.75) is 57.4 Å². The summed E-state index contributed by atoms with van der Waals surface area (Å²) in [5.41, 5.74) is 4.66. The maximum absolute atomic E-state index is 12.9. The van der Waals surface area contributed by atoms with Gasteiger partial charge in [-0.25, -0.2) is 4.79 Å². The SMILES string of the molecule is CC(CCNC(=O)[C@H]1CCCCC[C@H]1NC(=O)OCC1c2ccccc2-c2ccccc21)C(=O)O. The topological polar surface area (TPSA) is 105 Å². The van der Waals surface area contributed by atoms with E-state index >= 15 is 0 Å². The van der Waals surface area contributed by atoms with E-state index in [2.05, 4.69) is 34.9 Å². The van der Waals surface area contributed by atoms with Gasteiger partial charge in [0, 0.05) is 18.5 Å². The highest BCUT2D eigenvalue weighted by Gasteiger charge is 2.33. The van der Waals surface area contributed by atoms with Crippen LogP contribution in [0.15, 0.2) is 48.5 Å². The van der Waals surface area contributed by atoms with Crippen molar-refractivity contribution in [2.24, 2.45) is 11.8 Å². The number of hydrogen-bond donors (Lipinski definition) is 3. The predicted octanol–water partition coefficient (Wildman–Crippen LogP) is 4.70. The van der Waals surface area contributed by atoms with Gasteiger partial charge >= 0.3 is 12.1 Å². The Morgan fingerprint density at radius 2 is 1.60 bits per heavy atom. The Hall–Kier alpha value is -3.35. The maximum Gasteiger partial charge on any atom is 0.407 e. The molecule has 35 heavy (non-hydrogen) atoms. The average Bonchev–Trinajstić information content (AvgIpc) is 2.99. The number of carbonyl (C=O) groups excluding carboxylic acids is 2. The lowest BCUT2D eigenvalue weighted by Gasteiger charge is -2.25. The number of amides is 2. The number of hydrogen-bond acceptors (Lipinski definition) is 4. The van der Waals surface area contributed by atoms with Gasteiger partial charge in [0.05, 0.1) is 11.8 Å². The van der Waals surface area contributed by atoms with Gasteiger partial charge in [-0.3, -0.25) is 9.59 Å². The molecule has 0 bridgehead atoms. The molecule has 1 unspecified atom stereocenters. The van der Waals surface area contributed by atoms with E-state index in [1.54, 1.807) is 6.92 Å². The van der Waals surface area contributed by atoms with Crippen LogP contribution in [-0.2, 0) is 14.3 Å². The molecule has 7 heteroatoms. The summed E-state index contributed by atoms with van der Waals surface area (Å²) >= 11 is 0. The maximum atomic E-state index is 12.9. The zero-order valence-corrected chi connectivity index (χ0v) is 20.2. The normalized spacial score (nSPS) is 20.1. The van der Waals surface area contributed by atoms with E-state index < -0.39 is 18.0 Å². The Kier molecular flexibility index (Phi) is 8.06. The fraction of sp³-hybridized carbons (Fsp3) is 0.464. The summed E-state index contributed by atoms with van der Waals surface area (Å²) in [6.07, 6.45) is 4.15. The van der Waals surface area contributed by atoms with Crippen molar-refractivity contribution in [1.82, 2.24) is 10.6 Å². The third-order valence-corrected chi connectivity index (χ3v) is 7.30. The monoisotopic (exact) mass is 478 g/mol. The second kappa shape index (κ2) is 11.4. The summed E-state index contributed by atoms with van der Waals surface area (Å²) in [4.78, 5) is 36.7. The molecular formula is C28H34N2O5. The zero-order valence-electron chi connectivity index (χ0n) is 20.2. The third-order valence-electron chi connectivity index (χ3n) is 7.30. The van der Waals surface area contributed by atoms with Crippen LogP contribution in [0.4, 0.5) is 4.79 Å². The molecule has 0 aromatic heterocycles. The molecule has 0 heterocycles. The average molecular weight is 479 g/mol. The van der Waals surface area contributed by atoms with Crippen LogP contribution in [-0.4, -0.2) is 42.3 Å². The molecule has 4 rings (SSSR count). The first kappa shape index (κ1) is 24.8. The molecular weight excluding hydrogens is 444 g/mol. The smallest absolute Gasteiger partial charge is 0.407 e. The van der Waals surface area contributed by atoms with Crippen molar-refractivity contribution >= 4 is 18.0 Å². The van der Waals surface area contributed by atoms with Crippen molar-refractivity contribution in [3.63, 3.8) is 0 Å². The number of rotatable bonds is 8. The first-order valence-electron chi connectivity index (χ1n) is 12.6. The number of carboxylic acid groups (broad SMARTS) is 1. The zero-order chi connectivity index (χ0) is 24.8. The molecule has 2 aliphatic carbocycles. The van der Waals surface area contributed by atoms with E-state index in [4.69, 9.17) is 9.84 Å². The molecule has 3 N–H and O–H groups in total. The van der Waals surface area contributed by atoms with Crippen LogP contribution in [0.25, 0.3) is 11.1 Å². The van der Waals surface area contributed by atoms with Crippen LogP contribution in [0.3, 0.4) is 0 Å². The van der Waals surface area contributed by atoms with Crippen LogP contribution >= 0.6 is 0 Å². The van der Waals surface area contributed by atoms with Gasteiger partial charge in [-0.15, -0.1) is 0 Å². The van der Waals surface area contributed by atoms with Crippen molar-refractivity contribution in [2.75, 3.05) is 13.2 Å². The molecule has 7 nitrogen and oxygen atoms in total. The van der Waals surface area contributed by atoms with Crippen LogP contribution in [0.5, 0.6) is 0 Å². The molecule has 0 aliphatic heterocycles. The summed E-state index contributed by atoms with van der Waals surface area (Å²) in [6.45, 7) is 2.17. The predicted molar refractivity (Wildman–Crippen MR) is 133 cm³/mol. The van der Waals surface area contributed by atoms with E-state index in [0.29, 0.717) is 25.8 Å². The van der Waals surface area contributed by atoms with Crippen LogP contribution < -0.4 is 10.6 Å². The first-order chi connectivity index (χ1) is 17.0. The van der Waals surface area contributed by atoms with Crippen LogP contribution in [0, 0.1) is 11.8 Å². The van der Waals surface area contributed by atoms with E-state index in [9.17, 15) is 14.4 Å². The molecule has 0 spiro atoms. The number of carboxylic acids is 1. The Morgan fingerprint density at radius 1 is 0.971 bits per heavy atom. The van der Waals surface area contributed by atoms with Gasteiger partial charge in [-0.05, 0) is 41.5 Å². The molecule has 2 amide bonds. The third kappa shape index (κ3) is 5.84. The largest absolute Gasteiger partial charge is 0.481 e. The second-order valence-corrected chi connectivity index (χ2v) is 9.64. The van der Waals surface area contributed by atoms with Crippen molar-refractivity contribution in [1.29, 1.82) is 0 Å². The highest BCUT2D eigenvalue weighted by molar-refractivity contribution is 5.81. The van der Waals surface area contributed by atoms with E-state index in [1.807, 2.05) is 24.3 Å². The fourth-order valence-electron chi connectivity index (χ4n) is 5.25. The van der Waals surface area contributed by atoms with Crippen LogP contribution in [0.2, 0.25) is 0 Å². The number of aliphatic carboxylic acids is 1. The van der Waals surface area contributed by atoms with E-state index in [-0.39, 0.29) is 30.4 Å². The summed E-state index contributed by atoms with van der Waals surface area (Å²) in [6, 6.07) is 16.1. The Morgan fingerprint density at radius 3 is 2.26 bits per heavy atom. The number of alkyl carbamates (subject to hydrolysis) is 1. The molecule has 1 fully saturated rings. The lowest BCUT2D eigenvalue weighted by Crippen LogP contribution is -2.47. The molecule has 2 aromatic rings. The summed E-state index contributed by atoms with van der Waals surface area (Å²) in [5, 5.41) is 14.9. The number of nitrogens with one attached hydrogen (secondary N) is 2. The van der Waals surface area contributed by atoms with Gasteiger partial charge < -0.3 is 20.5 Å². The number of ether oxygens (including phenoxy) is 1. The molecule has 1 saturated carbocycles. The van der Waals surface area contributed by atoms with E-state index in [0.717, 1.165) is 30.4 Å². The Bertz CT molecular complexity index is 1020. The number of carbonyl (C=O) groups is 3. The number of fused-ring (bicyclic) bond motifs is 3. The highest BCUT2D eigenvalue weighted by atomic mass is 16.5. The number of benzene rings is 2. The van der Waals surface area contributed by atoms with Gasteiger partial charge in [0.1, 0.15) is 6.61 Å². The van der Waals surface area contributed by atoms with Crippen molar-refractivity contribution in [3.8, 4) is 11.1 Å². The lowest BCUT2D eigenvalue weighted by atomic mass is 9.93. The van der Waals surface area contributed by atoms with E-state index in [1.165, 1.54) is 11.1 Å². The minimum Gasteiger partial charge on any atom is -0.481 e. The molecule has 2 aliphatic rings. The Balaban J connectivity index is 1.35. The van der Waals surface area contributed by atoms with Gasteiger partial charge in [0.25, 0.3) is 0 Å². The van der Waals surface area contributed by atoms with Crippen molar-refractivity contribution < 1.29 is 24.2 Å². The molecule has 0 radical (unpaired) electrons. The highest BCUT2D eigenvalue weighted by Crippen LogP contribution is 2.44. The summed E-state index contributed by atoms with van der Waals surface area (Å²) < 4.78 is 5.70. The van der Waals surface area contributed by atoms with Gasteiger partial charge in [0.15, 0.2) is 0 Å². The molecule has 0 saturated heterocycles. The molecule has 3 atom stereocenters. The Labute approximate surface area is 206 Å². The van der Waals surface area contributed by atoms with Crippen molar-refractivity contribution in [3.05, 3.63) is 59.7 Å². The minimum absolute atomic E-state index is 0.0161. The van der Waals surface area contributed by atoms with Gasteiger partial charge in [0.2, 0.25) is 5.91 Å². The molecule has 2 aromatic carbocycles.